The molecule has 20 heavy (non-hydrogen) atoms. The van der Waals surface area contributed by atoms with Crippen molar-refractivity contribution in [3.63, 3.8) is 0 Å². The first-order chi connectivity index (χ1) is 9.72. The maximum absolute atomic E-state index is 11.7. The predicted octanol–water partition coefficient (Wildman–Crippen LogP) is 1.45. The van der Waals surface area contributed by atoms with Gasteiger partial charge >= 0.3 is 5.97 Å². The van der Waals surface area contributed by atoms with E-state index < -0.39 is 5.97 Å². The molecule has 0 N–H and O–H groups in total. The number of rotatable bonds is 3. The van der Waals surface area contributed by atoms with E-state index in [1.165, 1.54) is 0 Å². The number of esters is 1. The van der Waals surface area contributed by atoms with Crippen molar-refractivity contribution < 1.29 is 9.53 Å². The number of aromatic nitrogens is 4. The molecule has 1 aromatic carbocycles. The summed E-state index contributed by atoms with van der Waals surface area (Å²) in [5.74, 6) is 5.84. The third-order valence-electron chi connectivity index (χ3n) is 2.58. The van der Waals surface area contributed by atoms with Crippen molar-refractivity contribution in [3.05, 3.63) is 29.8 Å². The van der Waals surface area contributed by atoms with Crippen LogP contribution >= 0.6 is 0 Å². The first-order valence-corrected chi connectivity index (χ1v) is 6.18. The smallest absolute Gasteiger partial charge is 0.339 e. The summed E-state index contributed by atoms with van der Waals surface area (Å²) in [6.45, 7) is 2.05. The lowest BCUT2D eigenvalue weighted by Crippen LogP contribution is -2.05. The van der Waals surface area contributed by atoms with Gasteiger partial charge in [-0.05, 0) is 22.6 Å². The SMILES string of the molecule is CCC#CCOC(=O)c1ccc(-c2nnnn2C)cc1. The molecule has 0 aliphatic rings. The highest BCUT2D eigenvalue weighted by atomic mass is 16.5. The molecule has 2 aromatic rings. The molecular formula is C14H14N4O2. The van der Waals surface area contributed by atoms with Gasteiger partial charge in [0.1, 0.15) is 0 Å². The van der Waals surface area contributed by atoms with Crippen LogP contribution in [0, 0.1) is 11.8 Å². The molecule has 0 aliphatic heterocycles. The van der Waals surface area contributed by atoms with Crippen LogP contribution in [0.5, 0.6) is 0 Å². The molecule has 0 unspecified atom stereocenters. The molecule has 102 valence electrons. The van der Waals surface area contributed by atoms with Gasteiger partial charge in [0.2, 0.25) is 0 Å². The van der Waals surface area contributed by atoms with Crippen molar-refractivity contribution in [3.8, 4) is 23.2 Å². The number of ether oxygens (including phenoxy) is 1. The number of carbonyl (C=O) groups excluding carboxylic acids is 1. The number of nitrogens with zero attached hydrogens (tertiary/aromatic N) is 4. The van der Waals surface area contributed by atoms with E-state index in [0.717, 1.165) is 12.0 Å². The maximum Gasteiger partial charge on any atom is 0.339 e. The van der Waals surface area contributed by atoms with E-state index in [1.54, 1.807) is 36.0 Å². The molecule has 0 saturated heterocycles. The molecule has 0 saturated carbocycles. The van der Waals surface area contributed by atoms with Crippen LogP contribution in [0.3, 0.4) is 0 Å². The van der Waals surface area contributed by atoms with Gasteiger partial charge in [0.25, 0.3) is 0 Å². The Hall–Kier alpha value is -2.68. The highest BCUT2D eigenvalue weighted by Crippen LogP contribution is 2.15. The second-order valence-corrected chi connectivity index (χ2v) is 3.99. The normalized spacial score (nSPS) is 9.70. The fourth-order valence-corrected chi connectivity index (χ4v) is 1.59. The molecular weight excluding hydrogens is 256 g/mol. The molecule has 0 fully saturated rings. The van der Waals surface area contributed by atoms with Gasteiger partial charge in [0, 0.05) is 19.0 Å². The fraction of sp³-hybridized carbons (Fsp3) is 0.286. The Morgan fingerprint density at radius 1 is 1.30 bits per heavy atom. The van der Waals surface area contributed by atoms with E-state index >= 15 is 0 Å². The van der Waals surface area contributed by atoms with Crippen molar-refractivity contribution in [1.82, 2.24) is 20.2 Å². The van der Waals surface area contributed by atoms with Crippen molar-refractivity contribution >= 4 is 5.97 Å². The molecule has 0 amide bonds. The molecule has 1 aromatic heterocycles. The van der Waals surface area contributed by atoms with E-state index in [1.807, 2.05) is 6.92 Å². The van der Waals surface area contributed by atoms with Gasteiger partial charge < -0.3 is 4.74 Å². The van der Waals surface area contributed by atoms with E-state index in [-0.39, 0.29) is 6.61 Å². The van der Waals surface area contributed by atoms with Gasteiger partial charge in [-0.2, -0.15) is 0 Å². The standard InChI is InChI=1S/C14H14N4O2/c1-3-4-5-10-20-14(19)12-8-6-11(7-9-12)13-15-16-17-18(13)2/h6-9H,3,10H2,1-2H3. The largest absolute Gasteiger partial charge is 0.449 e. The highest BCUT2D eigenvalue weighted by Gasteiger charge is 2.09. The molecule has 2 rings (SSSR count). The Bertz CT molecular complexity index is 650. The third kappa shape index (κ3) is 3.20. The molecule has 0 bridgehead atoms. The summed E-state index contributed by atoms with van der Waals surface area (Å²) in [5, 5.41) is 11.2. The van der Waals surface area contributed by atoms with Crippen molar-refractivity contribution in [2.75, 3.05) is 6.61 Å². The first kappa shape index (κ1) is 13.7. The van der Waals surface area contributed by atoms with E-state index in [4.69, 9.17) is 4.74 Å². The second-order valence-electron chi connectivity index (χ2n) is 3.99. The van der Waals surface area contributed by atoms with Gasteiger partial charge in [0.15, 0.2) is 12.4 Å². The molecule has 6 heteroatoms. The Morgan fingerprint density at radius 2 is 2.05 bits per heavy atom. The van der Waals surface area contributed by atoms with E-state index in [2.05, 4.69) is 27.4 Å². The monoisotopic (exact) mass is 270 g/mol. The Kier molecular flexibility index (Phi) is 4.45. The lowest BCUT2D eigenvalue weighted by atomic mass is 10.1. The van der Waals surface area contributed by atoms with Crippen LogP contribution in [0.1, 0.15) is 23.7 Å². The lowest BCUT2D eigenvalue weighted by molar-refractivity contribution is 0.0556. The van der Waals surface area contributed by atoms with Crippen molar-refractivity contribution in [2.45, 2.75) is 13.3 Å². The summed E-state index contributed by atoms with van der Waals surface area (Å²) < 4.78 is 6.59. The highest BCUT2D eigenvalue weighted by molar-refractivity contribution is 5.90. The van der Waals surface area contributed by atoms with Crippen LogP contribution in [0.4, 0.5) is 0 Å². The van der Waals surface area contributed by atoms with Crippen LogP contribution in [-0.4, -0.2) is 32.8 Å². The quantitative estimate of drug-likeness (QED) is 0.623. The summed E-state index contributed by atoms with van der Waals surface area (Å²) in [6.07, 6.45) is 0.748. The minimum absolute atomic E-state index is 0.113. The van der Waals surface area contributed by atoms with Crippen molar-refractivity contribution in [1.29, 1.82) is 0 Å². The van der Waals surface area contributed by atoms with Gasteiger partial charge in [-0.15, -0.1) is 11.0 Å². The molecule has 1 heterocycles. The van der Waals surface area contributed by atoms with Crippen LogP contribution in [-0.2, 0) is 11.8 Å². The molecule has 0 aliphatic carbocycles. The maximum atomic E-state index is 11.7. The number of hydrogen-bond donors (Lipinski definition) is 0. The van der Waals surface area contributed by atoms with Crippen LogP contribution in [0.2, 0.25) is 0 Å². The number of tetrazole rings is 1. The number of benzene rings is 1. The lowest BCUT2D eigenvalue weighted by Gasteiger charge is -2.02. The second kappa shape index (κ2) is 6.48. The summed E-state index contributed by atoms with van der Waals surface area (Å²) in [5.41, 5.74) is 1.31. The number of hydrogen-bond acceptors (Lipinski definition) is 5. The summed E-state index contributed by atoms with van der Waals surface area (Å²) in [4.78, 5) is 11.7. The molecule has 6 nitrogen and oxygen atoms in total. The zero-order valence-electron chi connectivity index (χ0n) is 11.3. The average molecular weight is 270 g/mol. The predicted molar refractivity (Wildman–Crippen MR) is 72.6 cm³/mol. The minimum atomic E-state index is -0.391. The van der Waals surface area contributed by atoms with E-state index in [9.17, 15) is 4.79 Å². The van der Waals surface area contributed by atoms with Crippen molar-refractivity contribution in [2.24, 2.45) is 7.05 Å². The average Bonchev–Trinajstić information content (AvgIpc) is 2.90. The minimum Gasteiger partial charge on any atom is -0.449 e. The Morgan fingerprint density at radius 3 is 2.65 bits per heavy atom. The van der Waals surface area contributed by atoms with Crippen LogP contribution in [0.15, 0.2) is 24.3 Å². The molecule has 0 atom stereocenters. The Labute approximate surface area is 116 Å². The third-order valence-corrected chi connectivity index (χ3v) is 2.58. The van der Waals surface area contributed by atoms with E-state index in [0.29, 0.717) is 11.4 Å². The Balaban J connectivity index is 2.05. The van der Waals surface area contributed by atoms with Gasteiger partial charge in [0.05, 0.1) is 5.56 Å². The fourth-order valence-electron chi connectivity index (χ4n) is 1.59. The van der Waals surface area contributed by atoms with Gasteiger partial charge in [-0.25, -0.2) is 9.48 Å². The summed E-state index contributed by atoms with van der Waals surface area (Å²) in [7, 11) is 1.75. The van der Waals surface area contributed by atoms with Gasteiger partial charge in [-0.1, -0.05) is 25.0 Å². The zero-order valence-corrected chi connectivity index (χ0v) is 11.3. The van der Waals surface area contributed by atoms with Crippen LogP contribution in [0.25, 0.3) is 11.4 Å². The number of aryl methyl sites for hydroxylation is 1. The topological polar surface area (TPSA) is 69.9 Å². The summed E-state index contributed by atoms with van der Waals surface area (Å²) >= 11 is 0. The summed E-state index contributed by atoms with van der Waals surface area (Å²) in [6, 6.07) is 6.92. The first-order valence-electron chi connectivity index (χ1n) is 6.18. The zero-order chi connectivity index (χ0) is 14.4. The molecule has 0 spiro atoms. The van der Waals surface area contributed by atoms with Gasteiger partial charge in [-0.3, -0.25) is 0 Å². The van der Waals surface area contributed by atoms with Crippen LogP contribution < -0.4 is 0 Å². The number of carbonyl (C=O) groups is 1. The molecule has 0 radical (unpaired) electrons.